The van der Waals surface area contributed by atoms with Gasteiger partial charge in [-0.05, 0) is 43.5 Å². The summed E-state index contributed by atoms with van der Waals surface area (Å²) in [5.74, 6) is 4.42. The molecular weight excluding hydrogens is 376 g/mol. The van der Waals surface area contributed by atoms with E-state index in [0.717, 1.165) is 53.2 Å². The molecule has 0 amide bonds. The fourth-order valence-electron chi connectivity index (χ4n) is 3.58. The number of rotatable bonds is 6. The third-order valence-electron chi connectivity index (χ3n) is 5.21. The summed E-state index contributed by atoms with van der Waals surface area (Å²) in [5.41, 5.74) is 2.22. The largest absolute Gasteiger partial charge is 0.457 e. The Labute approximate surface area is 177 Å². The Morgan fingerprint density at radius 1 is 1.07 bits per heavy atom. The Bertz CT molecular complexity index is 1010. The van der Waals surface area contributed by atoms with Gasteiger partial charge in [-0.1, -0.05) is 30.3 Å². The van der Waals surface area contributed by atoms with Gasteiger partial charge in [-0.2, -0.15) is 0 Å². The van der Waals surface area contributed by atoms with E-state index in [-0.39, 0.29) is 0 Å². The molecule has 0 spiro atoms. The second-order valence-corrected chi connectivity index (χ2v) is 7.45. The highest BCUT2D eigenvalue weighted by Crippen LogP contribution is 2.26. The summed E-state index contributed by atoms with van der Waals surface area (Å²) in [5, 5.41) is 15.4. The Morgan fingerprint density at radius 3 is 2.73 bits per heavy atom. The molecule has 0 saturated heterocycles. The van der Waals surface area contributed by atoms with Crippen molar-refractivity contribution in [2.75, 3.05) is 7.05 Å². The molecule has 30 heavy (non-hydrogen) atoms. The van der Waals surface area contributed by atoms with Gasteiger partial charge in [0, 0.05) is 32.1 Å². The molecule has 0 unspecified atom stereocenters. The lowest BCUT2D eigenvalue weighted by atomic mass is 10.1. The first-order valence-electron chi connectivity index (χ1n) is 10.4. The van der Waals surface area contributed by atoms with Gasteiger partial charge >= 0.3 is 0 Å². The number of ether oxygens (including phenoxy) is 1. The molecule has 2 aromatic carbocycles. The van der Waals surface area contributed by atoms with Gasteiger partial charge in [0.15, 0.2) is 11.8 Å². The number of fused-ring (bicyclic) bond motifs is 1. The molecule has 7 nitrogen and oxygen atoms in total. The van der Waals surface area contributed by atoms with Crippen LogP contribution in [-0.4, -0.2) is 27.8 Å². The molecule has 0 bridgehead atoms. The van der Waals surface area contributed by atoms with Crippen molar-refractivity contribution in [3.63, 3.8) is 0 Å². The van der Waals surface area contributed by atoms with Gasteiger partial charge in [0.05, 0.1) is 6.54 Å². The third-order valence-corrected chi connectivity index (χ3v) is 5.21. The lowest BCUT2D eigenvalue weighted by Crippen LogP contribution is -2.37. The molecule has 1 aliphatic heterocycles. The predicted molar refractivity (Wildman–Crippen MR) is 118 cm³/mol. The van der Waals surface area contributed by atoms with Crippen LogP contribution in [0.1, 0.15) is 35.6 Å². The van der Waals surface area contributed by atoms with Crippen LogP contribution >= 0.6 is 0 Å². The van der Waals surface area contributed by atoms with Crippen LogP contribution in [0.2, 0.25) is 0 Å². The molecule has 7 heteroatoms. The highest BCUT2D eigenvalue weighted by atomic mass is 16.5. The van der Waals surface area contributed by atoms with E-state index in [1.165, 1.54) is 12.8 Å². The van der Waals surface area contributed by atoms with E-state index in [1.807, 2.05) is 30.3 Å². The van der Waals surface area contributed by atoms with Crippen LogP contribution in [0.4, 0.5) is 0 Å². The fraction of sp³-hybridized carbons (Fsp3) is 0.348. The van der Waals surface area contributed by atoms with Crippen molar-refractivity contribution in [2.24, 2.45) is 4.99 Å². The molecule has 2 heterocycles. The lowest BCUT2D eigenvalue weighted by Gasteiger charge is -2.17. The highest BCUT2D eigenvalue weighted by molar-refractivity contribution is 5.79. The molecule has 3 aromatic rings. The fourth-order valence-corrected chi connectivity index (χ4v) is 3.58. The van der Waals surface area contributed by atoms with Crippen molar-refractivity contribution >= 4 is 5.96 Å². The summed E-state index contributed by atoms with van der Waals surface area (Å²) in [6, 6.07) is 16.1. The first kappa shape index (κ1) is 19.9. The maximum Gasteiger partial charge on any atom is 0.191 e. The van der Waals surface area contributed by atoms with E-state index in [9.17, 15) is 0 Å². The Kier molecular flexibility index (Phi) is 6.27. The molecule has 1 aromatic heterocycles. The number of guanidine groups is 1. The minimum atomic E-state index is 0.591. The standard InChI is InChI=1S/C23H28N6O/c1-17-11-12-18(20(14-17)30-19-8-4-3-5-9-19)15-25-23(24-2)26-16-22-28-27-21-10-6-7-13-29(21)22/h3-5,8-9,11-12,14H,6-7,10,13,15-16H2,1-2H3,(H2,24,25,26). The minimum Gasteiger partial charge on any atom is -0.457 e. The summed E-state index contributed by atoms with van der Waals surface area (Å²) in [4.78, 5) is 4.34. The summed E-state index contributed by atoms with van der Waals surface area (Å²) in [6.45, 7) is 4.25. The van der Waals surface area contributed by atoms with E-state index in [4.69, 9.17) is 4.74 Å². The Balaban J connectivity index is 1.39. The van der Waals surface area contributed by atoms with Crippen molar-refractivity contribution in [1.82, 2.24) is 25.4 Å². The molecule has 0 aliphatic carbocycles. The van der Waals surface area contributed by atoms with Crippen LogP contribution in [0, 0.1) is 6.92 Å². The molecule has 156 valence electrons. The quantitative estimate of drug-likeness (QED) is 0.485. The van der Waals surface area contributed by atoms with Crippen LogP contribution in [-0.2, 0) is 26.1 Å². The second-order valence-electron chi connectivity index (χ2n) is 7.45. The number of benzene rings is 2. The van der Waals surface area contributed by atoms with Gasteiger partial charge in [0.25, 0.3) is 0 Å². The molecule has 4 rings (SSSR count). The van der Waals surface area contributed by atoms with Crippen LogP contribution < -0.4 is 15.4 Å². The van der Waals surface area contributed by atoms with E-state index in [1.54, 1.807) is 7.05 Å². The third kappa shape index (κ3) is 4.79. The van der Waals surface area contributed by atoms with Gasteiger partial charge in [-0.15, -0.1) is 10.2 Å². The number of aromatic nitrogens is 3. The van der Waals surface area contributed by atoms with Crippen molar-refractivity contribution in [2.45, 2.75) is 45.8 Å². The summed E-state index contributed by atoms with van der Waals surface area (Å²) in [7, 11) is 1.77. The number of hydrogen-bond acceptors (Lipinski definition) is 4. The van der Waals surface area contributed by atoms with Gasteiger partial charge in [-0.25, -0.2) is 0 Å². The van der Waals surface area contributed by atoms with E-state index in [0.29, 0.717) is 13.1 Å². The highest BCUT2D eigenvalue weighted by Gasteiger charge is 2.15. The molecule has 1 aliphatic rings. The molecule has 0 fully saturated rings. The Hall–Kier alpha value is -3.35. The lowest BCUT2D eigenvalue weighted by molar-refractivity contribution is 0.474. The van der Waals surface area contributed by atoms with Gasteiger partial charge in [0.1, 0.15) is 17.3 Å². The number of nitrogens with one attached hydrogen (secondary N) is 2. The van der Waals surface area contributed by atoms with Crippen LogP contribution in [0.3, 0.4) is 0 Å². The van der Waals surface area contributed by atoms with Crippen molar-refractivity contribution in [3.8, 4) is 11.5 Å². The number of hydrogen-bond donors (Lipinski definition) is 2. The average molecular weight is 405 g/mol. The number of nitrogens with zero attached hydrogens (tertiary/aromatic N) is 4. The Morgan fingerprint density at radius 2 is 1.90 bits per heavy atom. The zero-order valence-corrected chi connectivity index (χ0v) is 17.6. The summed E-state index contributed by atoms with van der Waals surface area (Å²) >= 11 is 0. The number of aryl methyl sites for hydroxylation is 2. The zero-order chi connectivity index (χ0) is 20.8. The van der Waals surface area contributed by atoms with Crippen molar-refractivity contribution in [3.05, 3.63) is 71.3 Å². The van der Waals surface area contributed by atoms with Gasteiger partial charge < -0.3 is 19.9 Å². The molecule has 0 radical (unpaired) electrons. The maximum atomic E-state index is 6.12. The number of aliphatic imine (C=N–C) groups is 1. The van der Waals surface area contributed by atoms with Crippen molar-refractivity contribution < 1.29 is 4.74 Å². The predicted octanol–water partition coefficient (Wildman–Crippen LogP) is 3.58. The molecule has 2 N–H and O–H groups in total. The SMILES string of the molecule is CN=C(NCc1ccc(C)cc1Oc1ccccc1)NCc1nnc2n1CCCC2. The summed E-state index contributed by atoms with van der Waals surface area (Å²) < 4.78 is 8.33. The van der Waals surface area contributed by atoms with Crippen molar-refractivity contribution in [1.29, 1.82) is 0 Å². The van der Waals surface area contributed by atoms with E-state index in [2.05, 4.69) is 55.5 Å². The van der Waals surface area contributed by atoms with Crippen LogP contribution in [0.25, 0.3) is 0 Å². The van der Waals surface area contributed by atoms with Crippen LogP contribution in [0.15, 0.2) is 53.5 Å². The number of para-hydroxylation sites is 1. The van der Waals surface area contributed by atoms with E-state index < -0.39 is 0 Å². The monoisotopic (exact) mass is 404 g/mol. The smallest absolute Gasteiger partial charge is 0.191 e. The normalized spacial score (nSPS) is 13.6. The van der Waals surface area contributed by atoms with E-state index >= 15 is 0 Å². The first-order chi connectivity index (χ1) is 14.7. The molecular formula is C23H28N6O. The summed E-state index contributed by atoms with van der Waals surface area (Å²) in [6.07, 6.45) is 3.39. The van der Waals surface area contributed by atoms with Gasteiger partial charge in [-0.3, -0.25) is 4.99 Å². The van der Waals surface area contributed by atoms with Crippen LogP contribution in [0.5, 0.6) is 11.5 Å². The average Bonchev–Trinajstić information content (AvgIpc) is 3.19. The second kappa shape index (κ2) is 9.43. The van der Waals surface area contributed by atoms with Gasteiger partial charge in [0.2, 0.25) is 0 Å². The topological polar surface area (TPSA) is 76.4 Å². The maximum absolute atomic E-state index is 6.12. The molecule has 0 atom stereocenters. The first-order valence-corrected chi connectivity index (χ1v) is 10.4. The minimum absolute atomic E-state index is 0.591. The molecule has 0 saturated carbocycles. The zero-order valence-electron chi connectivity index (χ0n) is 17.6.